The number of anilines is 1. The van der Waals surface area contributed by atoms with E-state index in [1.807, 2.05) is 60.7 Å². The van der Waals surface area contributed by atoms with Crippen LogP contribution in [0.3, 0.4) is 0 Å². The minimum Gasteiger partial charge on any atom is -0.467 e. The molecule has 2 saturated heterocycles. The molecule has 2 amide bonds. The Labute approximate surface area is 258 Å². The predicted molar refractivity (Wildman–Crippen MR) is 165 cm³/mol. The second-order valence-electron chi connectivity index (χ2n) is 11.6. The molecule has 1 aromatic heterocycles. The molecule has 11 heteroatoms. The van der Waals surface area contributed by atoms with Crippen LogP contribution in [0.2, 0.25) is 0 Å². The standard InChI is InChI=1S/C17H22N4O2.C16H21NO4/c1-12-7-8-15(14-9-16(18)20-19-14)21(10-12)17(22)23-11-13-5-3-2-4-6-13;1-12-8-9-14(15(18)20-2)17(10-12)16(19)21-11-13-6-4-3-5-7-13/h2-6,9,12,15H,7-8,10-11H2,1H3,(H3,18,19,20);3-7,12,14H,8-11H2,1-2H3/t12-,15-;12-,14-/m00/s1. The number of hydrogen-bond donors (Lipinski definition) is 2. The van der Waals surface area contributed by atoms with Gasteiger partial charge in [0.1, 0.15) is 25.1 Å². The van der Waals surface area contributed by atoms with Crippen LogP contribution in [-0.2, 0) is 32.2 Å². The van der Waals surface area contributed by atoms with Crippen molar-refractivity contribution >= 4 is 24.0 Å². The number of esters is 1. The molecule has 0 aliphatic carbocycles. The molecule has 0 radical (unpaired) electrons. The van der Waals surface area contributed by atoms with Gasteiger partial charge in [-0.15, -0.1) is 0 Å². The molecule has 44 heavy (non-hydrogen) atoms. The minimum absolute atomic E-state index is 0.0562. The molecular weight excluding hydrogens is 562 g/mol. The lowest BCUT2D eigenvalue weighted by atomic mass is 9.93. The topological polar surface area (TPSA) is 140 Å². The Morgan fingerprint density at radius 1 is 0.818 bits per heavy atom. The molecule has 236 valence electrons. The maximum absolute atomic E-state index is 12.5. The smallest absolute Gasteiger partial charge is 0.410 e. The Kier molecular flexibility index (Phi) is 11.6. The summed E-state index contributed by atoms with van der Waals surface area (Å²) in [6.45, 7) is 5.89. The maximum atomic E-state index is 12.5. The summed E-state index contributed by atoms with van der Waals surface area (Å²) in [7, 11) is 1.34. The van der Waals surface area contributed by atoms with Gasteiger partial charge in [0.2, 0.25) is 0 Å². The third kappa shape index (κ3) is 8.98. The van der Waals surface area contributed by atoms with Crippen LogP contribution in [0.15, 0.2) is 66.7 Å². The molecule has 0 spiro atoms. The highest BCUT2D eigenvalue weighted by Crippen LogP contribution is 2.33. The number of nitrogen functional groups attached to an aromatic ring is 1. The van der Waals surface area contributed by atoms with E-state index in [-0.39, 0.29) is 31.3 Å². The number of aromatic nitrogens is 2. The van der Waals surface area contributed by atoms with Crippen molar-refractivity contribution < 1.29 is 28.6 Å². The maximum Gasteiger partial charge on any atom is 0.410 e. The number of nitrogens with zero attached hydrogens (tertiary/aromatic N) is 3. The van der Waals surface area contributed by atoms with Crippen molar-refractivity contribution in [3.63, 3.8) is 0 Å². The van der Waals surface area contributed by atoms with E-state index in [0.29, 0.717) is 37.2 Å². The van der Waals surface area contributed by atoms with Crippen molar-refractivity contribution in [2.24, 2.45) is 11.8 Å². The minimum atomic E-state index is -0.533. The van der Waals surface area contributed by atoms with Gasteiger partial charge in [-0.2, -0.15) is 5.10 Å². The molecule has 2 aromatic carbocycles. The van der Waals surface area contributed by atoms with Gasteiger partial charge in [0, 0.05) is 19.2 Å². The number of ether oxygens (including phenoxy) is 3. The first-order chi connectivity index (χ1) is 21.2. The summed E-state index contributed by atoms with van der Waals surface area (Å²) in [6.07, 6.45) is 2.71. The molecule has 3 N–H and O–H groups in total. The van der Waals surface area contributed by atoms with Crippen molar-refractivity contribution in [1.29, 1.82) is 0 Å². The number of nitrogens with two attached hydrogens (primary N) is 1. The number of carbonyl (C=O) groups is 3. The monoisotopic (exact) mass is 605 g/mol. The molecule has 4 atom stereocenters. The third-order valence-corrected chi connectivity index (χ3v) is 7.96. The normalized spacial score (nSPS) is 21.4. The second kappa shape index (κ2) is 15.8. The van der Waals surface area contributed by atoms with Gasteiger partial charge in [-0.3, -0.25) is 14.9 Å². The summed E-state index contributed by atoms with van der Waals surface area (Å²) in [6, 6.07) is 20.4. The molecule has 3 heterocycles. The van der Waals surface area contributed by atoms with E-state index >= 15 is 0 Å². The number of amides is 2. The number of likely N-dealkylation sites (tertiary alicyclic amines) is 2. The zero-order valence-corrected chi connectivity index (χ0v) is 25.7. The Balaban J connectivity index is 0.000000202. The van der Waals surface area contributed by atoms with E-state index in [1.54, 1.807) is 11.0 Å². The number of nitrogens with one attached hydrogen (secondary N) is 1. The fourth-order valence-electron chi connectivity index (χ4n) is 5.54. The second-order valence-corrected chi connectivity index (χ2v) is 11.6. The van der Waals surface area contributed by atoms with Gasteiger partial charge in [0.05, 0.1) is 18.8 Å². The molecule has 5 rings (SSSR count). The lowest BCUT2D eigenvalue weighted by Crippen LogP contribution is -2.50. The molecule has 2 aliphatic heterocycles. The summed E-state index contributed by atoms with van der Waals surface area (Å²) >= 11 is 0. The first-order valence-electron chi connectivity index (χ1n) is 15.1. The van der Waals surface area contributed by atoms with E-state index in [4.69, 9.17) is 19.9 Å². The first-order valence-corrected chi connectivity index (χ1v) is 15.1. The molecule has 0 unspecified atom stereocenters. The Morgan fingerprint density at radius 3 is 1.86 bits per heavy atom. The quantitative estimate of drug-likeness (QED) is 0.269. The van der Waals surface area contributed by atoms with Crippen molar-refractivity contribution in [3.8, 4) is 0 Å². The van der Waals surface area contributed by atoms with Crippen LogP contribution in [0.4, 0.5) is 15.4 Å². The van der Waals surface area contributed by atoms with Gasteiger partial charge in [0.15, 0.2) is 0 Å². The summed E-state index contributed by atoms with van der Waals surface area (Å²) in [5.41, 5.74) is 8.46. The Morgan fingerprint density at radius 2 is 1.34 bits per heavy atom. The molecule has 3 aromatic rings. The van der Waals surface area contributed by atoms with Crippen LogP contribution in [0.25, 0.3) is 0 Å². The van der Waals surface area contributed by atoms with E-state index < -0.39 is 12.1 Å². The van der Waals surface area contributed by atoms with Gasteiger partial charge >= 0.3 is 18.2 Å². The third-order valence-electron chi connectivity index (χ3n) is 7.96. The largest absolute Gasteiger partial charge is 0.467 e. The molecule has 0 bridgehead atoms. The van der Waals surface area contributed by atoms with E-state index in [0.717, 1.165) is 36.1 Å². The van der Waals surface area contributed by atoms with Crippen LogP contribution in [0.5, 0.6) is 0 Å². The highest BCUT2D eigenvalue weighted by atomic mass is 16.6. The van der Waals surface area contributed by atoms with Gasteiger partial charge in [-0.05, 0) is 48.6 Å². The Bertz CT molecular complexity index is 1350. The average molecular weight is 606 g/mol. The van der Waals surface area contributed by atoms with E-state index in [9.17, 15) is 14.4 Å². The predicted octanol–water partition coefficient (Wildman–Crippen LogP) is 5.70. The summed E-state index contributed by atoms with van der Waals surface area (Å²) < 4.78 is 15.6. The number of methoxy groups -OCH3 is 1. The number of hydrogen-bond acceptors (Lipinski definition) is 8. The van der Waals surface area contributed by atoms with Crippen molar-refractivity contribution in [3.05, 3.63) is 83.6 Å². The number of carbonyl (C=O) groups excluding carboxylic acids is 3. The molecule has 2 fully saturated rings. The van der Waals surface area contributed by atoms with Gasteiger partial charge in [-0.1, -0.05) is 74.5 Å². The van der Waals surface area contributed by atoms with Crippen LogP contribution in [0, 0.1) is 11.8 Å². The van der Waals surface area contributed by atoms with E-state index in [2.05, 4.69) is 24.0 Å². The number of aromatic amines is 1. The van der Waals surface area contributed by atoms with Crippen molar-refractivity contribution in [1.82, 2.24) is 20.0 Å². The van der Waals surface area contributed by atoms with E-state index in [1.165, 1.54) is 12.0 Å². The lowest BCUT2D eigenvalue weighted by Gasteiger charge is -2.37. The molecule has 2 aliphatic rings. The highest BCUT2D eigenvalue weighted by molar-refractivity contribution is 5.81. The zero-order valence-electron chi connectivity index (χ0n) is 25.7. The number of H-pyrrole nitrogens is 1. The van der Waals surface area contributed by atoms with Gasteiger partial charge in [-0.25, -0.2) is 14.4 Å². The Hall–Kier alpha value is -4.54. The SMILES string of the molecule is COC(=O)[C@@H]1CC[C@H](C)CN1C(=O)OCc1ccccc1.C[C@H]1CC[C@@H](c2cc(N)n[nH]2)N(C(=O)OCc2ccccc2)C1. The van der Waals surface area contributed by atoms with Crippen LogP contribution in [0.1, 0.15) is 62.4 Å². The van der Waals surface area contributed by atoms with Crippen LogP contribution in [-0.4, -0.2) is 64.4 Å². The summed E-state index contributed by atoms with van der Waals surface area (Å²) in [4.78, 5) is 39.9. The molecular formula is C33H43N5O6. The zero-order chi connectivity index (χ0) is 31.5. The first kappa shape index (κ1) is 32.4. The highest BCUT2D eigenvalue weighted by Gasteiger charge is 2.36. The van der Waals surface area contributed by atoms with Crippen LogP contribution >= 0.6 is 0 Å². The molecule has 0 saturated carbocycles. The number of rotatable bonds is 6. The number of piperidine rings is 2. The molecule has 11 nitrogen and oxygen atoms in total. The number of benzene rings is 2. The average Bonchev–Trinajstić information content (AvgIpc) is 3.49. The van der Waals surface area contributed by atoms with Crippen molar-refractivity contribution in [2.75, 3.05) is 25.9 Å². The van der Waals surface area contributed by atoms with Gasteiger partial charge in [0.25, 0.3) is 0 Å². The summed E-state index contributed by atoms with van der Waals surface area (Å²) in [5, 5.41) is 6.90. The van der Waals surface area contributed by atoms with Crippen molar-refractivity contribution in [2.45, 2.75) is 64.8 Å². The summed E-state index contributed by atoms with van der Waals surface area (Å²) in [5.74, 6) is 0.876. The fraction of sp³-hybridized carbons (Fsp3) is 0.455. The fourth-order valence-corrected chi connectivity index (χ4v) is 5.54. The van der Waals surface area contributed by atoms with Gasteiger partial charge < -0.3 is 19.9 Å². The lowest BCUT2D eigenvalue weighted by molar-refractivity contribution is -0.148. The van der Waals surface area contributed by atoms with Crippen LogP contribution < -0.4 is 5.73 Å².